The first-order chi connectivity index (χ1) is 22.1. The molecule has 5 aromatic rings. The molecule has 0 amide bonds. The highest BCUT2D eigenvalue weighted by Gasteiger charge is 2.24. The lowest BCUT2D eigenvalue weighted by atomic mass is 10.1. The molecule has 0 spiro atoms. The summed E-state index contributed by atoms with van der Waals surface area (Å²) in [5.41, 5.74) is 3.26. The van der Waals surface area contributed by atoms with E-state index in [9.17, 15) is 9.18 Å². The normalized spacial score (nSPS) is 14.5. The molecule has 8 nitrogen and oxygen atoms in total. The fraction of sp³-hybridized carbons (Fsp3) is 0.278. The largest absolute Gasteiger partial charge is 0.473 e. The third-order valence-electron chi connectivity index (χ3n) is 7.60. The number of ether oxygens (including phenoxy) is 3. The Morgan fingerprint density at radius 2 is 1.80 bits per heavy atom. The molecule has 1 aliphatic rings. The zero-order valence-electron chi connectivity index (χ0n) is 25.7. The van der Waals surface area contributed by atoms with Crippen LogP contribution in [0.15, 0.2) is 72.8 Å². The van der Waals surface area contributed by atoms with Crippen molar-refractivity contribution in [3.05, 3.63) is 118 Å². The summed E-state index contributed by atoms with van der Waals surface area (Å²) in [7, 11) is 0. The van der Waals surface area contributed by atoms with Gasteiger partial charge in [-0.25, -0.2) is 28.4 Å². The molecule has 1 atom stereocenters. The van der Waals surface area contributed by atoms with Crippen molar-refractivity contribution >= 4 is 22.7 Å². The summed E-state index contributed by atoms with van der Waals surface area (Å²) in [6, 6.07) is 19.5. The van der Waals surface area contributed by atoms with Crippen molar-refractivity contribution in [1.29, 1.82) is 0 Å². The van der Waals surface area contributed by atoms with E-state index in [0.29, 0.717) is 52.4 Å². The molecule has 234 valence electrons. The number of esters is 1. The summed E-state index contributed by atoms with van der Waals surface area (Å²) in [6.45, 7) is 13.6. The van der Waals surface area contributed by atoms with Gasteiger partial charge in [0.05, 0.1) is 41.5 Å². The van der Waals surface area contributed by atoms with Crippen molar-refractivity contribution in [2.75, 3.05) is 6.61 Å². The van der Waals surface area contributed by atoms with Gasteiger partial charge in [0.2, 0.25) is 5.88 Å². The van der Waals surface area contributed by atoms with Gasteiger partial charge in [-0.3, -0.25) is 0 Å². The lowest BCUT2D eigenvalue weighted by molar-refractivity contribution is -0.0589. The highest BCUT2D eigenvalue weighted by molar-refractivity contribution is 5.94. The quantitative estimate of drug-likeness (QED) is 0.123. The summed E-state index contributed by atoms with van der Waals surface area (Å²) >= 11 is 0. The van der Waals surface area contributed by atoms with E-state index in [1.807, 2.05) is 25.3 Å². The fourth-order valence-corrected chi connectivity index (χ4v) is 5.16. The van der Waals surface area contributed by atoms with Crippen LogP contribution in [0.2, 0.25) is 0 Å². The number of imidazole rings is 1. The Labute approximate surface area is 265 Å². The van der Waals surface area contributed by atoms with Gasteiger partial charge in [0.25, 0.3) is 0 Å². The highest BCUT2D eigenvalue weighted by atomic mass is 19.1. The monoisotopic (exact) mass is 622 g/mol. The van der Waals surface area contributed by atoms with Crippen LogP contribution in [-0.4, -0.2) is 38.8 Å². The van der Waals surface area contributed by atoms with E-state index in [4.69, 9.17) is 25.8 Å². The molecule has 46 heavy (non-hydrogen) atoms. The molecule has 3 heterocycles. The minimum Gasteiger partial charge on any atom is -0.473 e. The molecule has 0 unspecified atom stereocenters. The Balaban J connectivity index is 1.23. The second-order valence-corrected chi connectivity index (χ2v) is 12.1. The van der Waals surface area contributed by atoms with Gasteiger partial charge in [-0.2, -0.15) is 0 Å². The minimum atomic E-state index is -0.628. The van der Waals surface area contributed by atoms with Crippen molar-refractivity contribution in [3.8, 4) is 17.1 Å². The Morgan fingerprint density at radius 1 is 1.02 bits per heavy atom. The van der Waals surface area contributed by atoms with Crippen LogP contribution in [0.25, 0.3) is 27.1 Å². The number of carbonyl (C=O) groups excluding carboxylic acids is 1. The number of rotatable bonds is 9. The van der Waals surface area contributed by atoms with Crippen molar-refractivity contribution in [2.45, 2.75) is 58.5 Å². The molecule has 1 aliphatic heterocycles. The van der Waals surface area contributed by atoms with Gasteiger partial charge in [0.1, 0.15) is 29.7 Å². The molecule has 0 saturated carbocycles. The number of nitrogens with zero attached hydrogens (tertiary/aromatic N) is 4. The van der Waals surface area contributed by atoms with Crippen molar-refractivity contribution in [3.63, 3.8) is 0 Å². The average molecular weight is 623 g/mol. The van der Waals surface area contributed by atoms with E-state index in [-0.39, 0.29) is 30.7 Å². The molecule has 10 heteroatoms. The van der Waals surface area contributed by atoms with Crippen LogP contribution in [0.4, 0.5) is 14.5 Å². The van der Waals surface area contributed by atoms with Crippen LogP contribution in [0.1, 0.15) is 54.5 Å². The molecule has 1 fully saturated rings. The van der Waals surface area contributed by atoms with E-state index in [0.717, 1.165) is 18.0 Å². The van der Waals surface area contributed by atoms with Crippen LogP contribution in [0, 0.1) is 18.2 Å². The van der Waals surface area contributed by atoms with Gasteiger partial charge in [0, 0.05) is 30.2 Å². The zero-order valence-corrected chi connectivity index (χ0v) is 25.7. The first-order valence-electron chi connectivity index (χ1n) is 14.9. The highest BCUT2D eigenvalue weighted by Crippen LogP contribution is 2.28. The van der Waals surface area contributed by atoms with Gasteiger partial charge in [-0.1, -0.05) is 30.3 Å². The smallest absolute Gasteiger partial charge is 0.338 e. The van der Waals surface area contributed by atoms with Gasteiger partial charge in [-0.05, 0) is 69.2 Å². The number of hydrogen-bond donors (Lipinski definition) is 0. The number of benzene rings is 3. The second-order valence-electron chi connectivity index (χ2n) is 12.1. The number of pyridine rings is 1. The third-order valence-corrected chi connectivity index (χ3v) is 7.60. The predicted molar refractivity (Wildman–Crippen MR) is 169 cm³/mol. The first kappa shape index (κ1) is 30.9. The van der Waals surface area contributed by atoms with Gasteiger partial charge >= 0.3 is 5.97 Å². The number of hydrogen-bond acceptors (Lipinski definition) is 6. The Kier molecular flexibility index (Phi) is 8.52. The van der Waals surface area contributed by atoms with E-state index in [1.54, 1.807) is 48.5 Å². The molecule has 0 bridgehead atoms. The van der Waals surface area contributed by atoms with Crippen LogP contribution in [0.3, 0.4) is 0 Å². The molecular formula is C36H32F2N4O4. The summed E-state index contributed by atoms with van der Waals surface area (Å²) in [6.07, 6.45) is 1.15. The van der Waals surface area contributed by atoms with E-state index >= 15 is 4.39 Å². The SMILES string of the molecule is [C-]#[N+]c1ccc(COc2cccc(-c3ccc(Cc4nc5ccc(C(=O)OC(C)(C)C)cc5n4C[C@@H]4CCO4)c(F)c3)n2)c(F)c1. The molecule has 0 radical (unpaired) electrons. The van der Waals surface area contributed by atoms with Crippen LogP contribution in [0.5, 0.6) is 5.88 Å². The number of carbonyl (C=O) groups is 1. The summed E-state index contributed by atoms with van der Waals surface area (Å²) < 4.78 is 48.9. The molecule has 6 rings (SSSR count). The molecule has 2 aromatic heterocycles. The molecular weight excluding hydrogens is 590 g/mol. The van der Waals surface area contributed by atoms with Crippen LogP contribution < -0.4 is 4.74 Å². The van der Waals surface area contributed by atoms with Crippen LogP contribution >= 0.6 is 0 Å². The Morgan fingerprint density at radius 3 is 2.50 bits per heavy atom. The topological polar surface area (TPSA) is 79.8 Å². The summed E-state index contributed by atoms with van der Waals surface area (Å²) in [4.78, 5) is 25.3. The maximum atomic E-state index is 15.6. The minimum absolute atomic E-state index is 0.0173. The van der Waals surface area contributed by atoms with E-state index < -0.39 is 23.2 Å². The summed E-state index contributed by atoms with van der Waals surface area (Å²) in [5, 5.41) is 0. The Hall–Kier alpha value is -5.14. The molecule has 1 saturated heterocycles. The van der Waals surface area contributed by atoms with Gasteiger partial charge in [-0.15, -0.1) is 0 Å². The van der Waals surface area contributed by atoms with E-state index in [1.165, 1.54) is 18.2 Å². The fourth-order valence-electron chi connectivity index (χ4n) is 5.16. The first-order valence-corrected chi connectivity index (χ1v) is 14.9. The third kappa shape index (κ3) is 6.90. The number of fused-ring (bicyclic) bond motifs is 1. The summed E-state index contributed by atoms with van der Waals surface area (Å²) in [5.74, 6) is -0.451. The van der Waals surface area contributed by atoms with Crippen molar-refractivity contribution in [2.24, 2.45) is 0 Å². The van der Waals surface area contributed by atoms with Gasteiger partial charge < -0.3 is 18.8 Å². The number of aromatic nitrogens is 3. The van der Waals surface area contributed by atoms with Crippen molar-refractivity contribution in [1.82, 2.24) is 14.5 Å². The average Bonchev–Trinajstić information content (AvgIpc) is 3.34. The second kappa shape index (κ2) is 12.7. The van der Waals surface area contributed by atoms with Gasteiger partial charge in [0.15, 0.2) is 5.69 Å². The zero-order chi connectivity index (χ0) is 32.4. The van der Waals surface area contributed by atoms with Crippen molar-refractivity contribution < 1.29 is 27.8 Å². The molecule has 3 aromatic carbocycles. The molecule has 0 N–H and O–H groups in total. The van der Waals surface area contributed by atoms with Crippen LogP contribution in [-0.2, 0) is 29.0 Å². The lowest BCUT2D eigenvalue weighted by Gasteiger charge is -2.27. The standard InChI is InChI=1S/C36H32F2N4O4/c1-36(2,3)46-35(43)24-11-13-31-32(17-24)42(20-27-14-15-44-27)33(40-31)18-22-8-9-23(16-28(22)37)30-6-5-7-34(41-30)45-21-25-10-12-26(39-4)19-29(25)38/h5-13,16-17,19,27H,14-15,18,20-21H2,1-3H3/t27-/m0/s1. The maximum absolute atomic E-state index is 15.6. The Bertz CT molecular complexity index is 1970. The predicted octanol–water partition coefficient (Wildman–Crippen LogP) is 7.84. The maximum Gasteiger partial charge on any atom is 0.338 e. The molecule has 0 aliphatic carbocycles. The lowest BCUT2D eigenvalue weighted by Crippen LogP contribution is -2.31. The number of halogens is 2. The van der Waals surface area contributed by atoms with E-state index in [2.05, 4.69) is 9.83 Å².